The first-order chi connectivity index (χ1) is 6.15. The zero-order valence-corrected chi connectivity index (χ0v) is 7.53. The van der Waals surface area contributed by atoms with Gasteiger partial charge in [-0.3, -0.25) is 4.79 Å². The van der Waals surface area contributed by atoms with Crippen LogP contribution in [0, 0.1) is 17.3 Å². The second-order valence-corrected chi connectivity index (χ2v) is 4.56. The summed E-state index contributed by atoms with van der Waals surface area (Å²) in [6.07, 6.45) is 4.93. The molecule has 2 saturated carbocycles. The van der Waals surface area contributed by atoms with Gasteiger partial charge in [-0.25, -0.2) is 0 Å². The van der Waals surface area contributed by atoms with Crippen LogP contribution in [0.4, 0.5) is 0 Å². The van der Waals surface area contributed by atoms with E-state index >= 15 is 0 Å². The first kappa shape index (κ1) is 8.73. The van der Waals surface area contributed by atoms with E-state index in [0.717, 1.165) is 19.1 Å². The average Bonchev–Trinajstić information content (AvgIpc) is 2.28. The highest BCUT2D eigenvalue weighted by Crippen LogP contribution is 2.55. The molecule has 72 valence electrons. The van der Waals surface area contributed by atoms with Crippen LogP contribution in [0.15, 0.2) is 0 Å². The van der Waals surface area contributed by atoms with E-state index in [2.05, 4.69) is 0 Å². The summed E-state index contributed by atoms with van der Waals surface area (Å²) in [7, 11) is 0. The third kappa shape index (κ3) is 1.36. The van der Waals surface area contributed by atoms with Crippen molar-refractivity contribution in [3.63, 3.8) is 0 Å². The molecule has 2 aliphatic carbocycles. The van der Waals surface area contributed by atoms with Gasteiger partial charge in [-0.05, 0) is 37.5 Å². The SMILES string of the molecule is O=CC1(CC(=O)O)C[C@H]2CC[C@H]2C1. The van der Waals surface area contributed by atoms with Crippen molar-refractivity contribution >= 4 is 12.3 Å². The topological polar surface area (TPSA) is 54.4 Å². The maximum absolute atomic E-state index is 10.9. The summed E-state index contributed by atoms with van der Waals surface area (Å²) in [6.45, 7) is 0. The third-order valence-corrected chi connectivity index (χ3v) is 3.67. The summed E-state index contributed by atoms with van der Waals surface area (Å²) < 4.78 is 0. The fourth-order valence-electron chi connectivity index (χ4n) is 2.89. The lowest BCUT2D eigenvalue weighted by atomic mass is 9.77. The first-order valence-corrected chi connectivity index (χ1v) is 4.83. The highest BCUT2D eigenvalue weighted by Gasteiger charge is 2.49. The molecule has 0 aromatic carbocycles. The molecular formula is C10H14O3. The van der Waals surface area contributed by atoms with E-state index < -0.39 is 11.4 Å². The smallest absolute Gasteiger partial charge is 0.304 e. The van der Waals surface area contributed by atoms with E-state index in [1.807, 2.05) is 0 Å². The molecule has 0 spiro atoms. The van der Waals surface area contributed by atoms with Crippen molar-refractivity contribution in [3.05, 3.63) is 0 Å². The second-order valence-electron chi connectivity index (χ2n) is 4.56. The molecule has 0 bridgehead atoms. The Balaban J connectivity index is 2.08. The lowest BCUT2D eigenvalue weighted by Crippen LogP contribution is -2.22. The predicted molar refractivity (Wildman–Crippen MR) is 46.2 cm³/mol. The Labute approximate surface area is 77.1 Å². The summed E-state index contributed by atoms with van der Waals surface area (Å²) in [5.41, 5.74) is -0.516. The van der Waals surface area contributed by atoms with Crippen LogP contribution in [0.2, 0.25) is 0 Å². The minimum absolute atomic E-state index is 0.0312. The van der Waals surface area contributed by atoms with Crippen molar-refractivity contribution in [2.45, 2.75) is 32.1 Å². The van der Waals surface area contributed by atoms with Crippen molar-refractivity contribution in [1.29, 1.82) is 0 Å². The normalized spacial score (nSPS) is 42.2. The standard InChI is InChI=1S/C10H14O3/c11-6-10(5-9(12)13)3-7-1-2-8(7)4-10/h6-8H,1-5H2,(H,12,13)/t7-,8+,10?. The molecule has 0 saturated heterocycles. The lowest BCUT2D eigenvalue weighted by Gasteiger charge is -2.29. The van der Waals surface area contributed by atoms with Gasteiger partial charge in [0, 0.05) is 5.41 Å². The van der Waals surface area contributed by atoms with Crippen molar-refractivity contribution in [1.82, 2.24) is 0 Å². The summed E-state index contributed by atoms with van der Waals surface area (Å²) in [5, 5.41) is 8.70. The van der Waals surface area contributed by atoms with E-state index in [1.165, 1.54) is 12.8 Å². The molecule has 0 aliphatic heterocycles. The van der Waals surface area contributed by atoms with Gasteiger partial charge in [0.15, 0.2) is 0 Å². The molecule has 1 N–H and O–H groups in total. The minimum atomic E-state index is -0.839. The summed E-state index contributed by atoms with van der Waals surface area (Å²) in [4.78, 5) is 21.5. The van der Waals surface area contributed by atoms with Crippen LogP contribution < -0.4 is 0 Å². The fraction of sp³-hybridized carbons (Fsp3) is 0.800. The molecule has 3 heteroatoms. The zero-order valence-electron chi connectivity index (χ0n) is 7.53. The lowest BCUT2D eigenvalue weighted by molar-refractivity contribution is -0.141. The Morgan fingerprint density at radius 3 is 2.23 bits per heavy atom. The Hall–Kier alpha value is -0.860. The Morgan fingerprint density at radius 1 is 1.38 bits per heavy atom. The number of aliphatic carboxylic acids is 1. The number of carboxylic acid groups (broad SMARTS) is 1. The van der Waals surface area contributed by atoms with Crippen LogP contribution in [0.5, 0.6) is 0 Å². The molecule has 0 radical (unpaired) electrons. The van der Waals surface area contributed by atoms with E-state index in [0.29, 0.717) is 11.8 Å². The van der Waals surface area contributed by atoms with Gasteiger partial charge in [-0.1, -0.05) is 0 Å². The van der Waals surface area contributed by atoms with Crippen molar-refractivity contribution in [3.8, 4) is 0 Å². The maximum atomic E-state index is 10.9. The third-order valence-electron chi connectivity index (χ3n) is 3.67. The highest BCUT2D eigenvalue weighted by molar-refractivity contribution is 5.74. The number of carboxylic acids is 1. The van der Waals surface area contributed by atoms with Gasteiger partial charge in [0.1, 0.15) is 6.29 Å². The largest absolute Gasteiger partial charge is 0.481 e. The predicted octanol–water partition coefficient (Wildman–Crippen LogP) is 1.47. The number of aldehydes is 1. The van der Waals surface area contributed by atoms with Gasteiger partial charge >= 0.3 is 5.97 Å². The average molecular weight is 182 g/mol. The molecule has 3 nitrogen and oxygen atoms in total. The monoisotopic (exact) mass is 182 g/mol. The van der Waals surface area contributed by atoms with Crippen LogP contribution >= 0.6 is 0 Å². The van der Waals surface area contributed by atoms with Crippen molar-refractivity contribution in [2.75, 3.05) is 0 Å². The molecule has 1 unspecified atom stereocenters. The number of fused-ring (bicyclic) bond motifs is 1. The maximum Gasteiger partial charge on any atom is 0.304 e. The Morgan fingerprint density at radius 2 is 1.92 bits per heavy atom. The Kier molecular flexibility index (Phi) is 1.90. The number of carbonyl (C=O) groups excluding carboxylic acids is 1. The van der Waals surface area contributed by atoms with E-state index in [-0.39, 0.29) is 6.42 Å². The van der Waals surface area contributed by atoms with E-state index in [9.17, 15) is 9.59 Å². The van der Waals surface area contributed by atoms with Gasteiger partial charge in [-0.15, -0.1) is 0 Å². The van der Waals surface area contributed by atoms with Crippen molar-refractivity contribution < 1.29 is 14.7 Å². The van der Waals surface area contributed by atoms with Gasteiger partial charge in [0.2, 0.25) is 0 Å². The van der Waals surface area contributed by atoms with Crippen LogP contribution in [-0.4, -0.2) is 17.4 Å². The fourth-order valence-corrected chi connectivity index (χ4v) is 2.89. The van der Waals surface area contributed by atoms with Crippen LogP contribution in [-0.2, 0) is 9.59 Å². The van der Waals surface area contributed by atoms with Gasteiger partial charge in [-0.2, -0.15) is 0 Å². The Bertz CT molecular complexity index is 235. The number of carbonyl (C=O) groups is 2. The van der Waals surface area contributed by atoms with Gasteiger partial charge < -0.3 is 9.90 Å². The molecule has 0 aromatic heterocycles. The molecule has 2 rings (SSSR count). The molecule has 3 atom stereocenters. The minimum Gasteiger partial charge on any atom is -0.481 e. The molecule has 13 heavy (non-hydrogen) atoms. The van der Waals surface area contributed by atoms with Gasteiger partial charge in [0.05, 0.1) is 6.42 Å². The van der Waals surface area contributed by atoms with E-state index in [4.69, 9.17) is 5.11 Å². The number of hydrogen-bond acceptors (Lipinski definition) is 2. The molecule has 2 fully saturated rings. The second kappa shape index (κ2) is 2.82. The molecular weight excluding hydrogens is 168 g/mol. The molecule has 2 aliphatic rings. The van der Waals surface area contributed by atoms with E-state index in [1.54, 1.807) is 0 Å². The zero-order chi connectivity index (χ0) is 9.47. The van der Waals surface area contributed by atoms with Crippen LogP contribution in [0.1, 0.15) is 32.1 Å². The van der Waals surface area contributed by atoms with Crippen molar-refractivity contribution in [2.24, 2.45) is 17.3 Å². The number of rotatable bonds is 3. The highest BCUT2D eigenvalue weighted by atomic mass is 16.4. The first-order valence-electron chi connectivity index (χ1n) is 4.83. The molecule has 0 heterocycles. The molecule has 0 aromatic rings. The summed E-state index contributed by atoms with van der Waals surface area (Å²) in [6, 6.07) is 0. The number of hydrogen-bond donors (Lipinski definition) is 1. The van der Waals surface area contributed by atoms with Crippen LogP contribution in [0.25, 0.3) is 0 Å². The van der Waals surface area contributed by atoms with Crippen LogP contribution in [0.3, 0.4) is 0 Å². The molecule has 0 amide bonds. The quantitative estimate of drug-likeness (QED) is 0.672. The van der Waals surface area contributed by atoms with Gasteiger partial charge in [0.25, 0.3) is 0 Å². The summed E-state index contributed by atoms with van der Waals surface area (Å²) >= 11 is 0. The summed E-state index contributed by atoms with van der Waals surface area (Å²) in [5.74, 6) is 0.447.